The Kier molecular flexibility index (Phi) is 2.81. The first kappa shape index (κ1) is 8.90. The van der Waals surface area contributed by atoms with Crippen LogP contribution in [0.4, 0.5) is 0 Å². The van der Waals surface area contributed by atoms with E-state index in [0.29, 0.717) is 17.3 Å². The lowest BCUT2D eigenvalue weighted by molar-refractivity contribution is 0.280. The van der Waals surface area contributed by atoms with Gasteiger partial charge in [0.15, 0.2) is 5.76 Å². The van der Waals surface area contributed by atoms with E-state index in [1.165, 1.54) is 5.01 Å². The molecule has 0 aromatic carbocycles. The maximum Gasteiger partial charge on any atom is 0.155 e. The Bertz CT molecular complexity index is 227. The first-order valence-electron chi connectivity index (χ1n) is 2.97. The van der Waals surface area contributed by atoms with E-state index in [2.05, 4.69) is 15.9 Å². The van der Waals surface area contributed by atoms with Crippen molar-refractivity contribution in [1.82, 2.24) is 5.01 Å². The lowest BCUT2D eigenvalue weighted by Crippen LogP contribution is -2.29. The molecule has 0 spiro atoms. The quantitative estimate of drug-likeness (QED) is 0.705. The number of rotatable bonds is 1. The summed E-state index contributed by atoms with van der Waals surface area (Å²) in [7, 11) is 1.55. The van der Waals surface area contributed by atoms with Gasteiger partial charge in [0, 0.05) is 4.48 Å². The van der Waals surface area contributed by atoms with Crippen LogP contribution in [0.1, 0.15) is 0 Å². The minimum absolute atomic E-state index is 0.575. The summed E-state index contributed by atoms with van der Waals surface area (Å²) in [4.78, 5) is 0. The van der Waals surface area contributed by atoms with E-state index >= 15 is 0 Å². The Balaban J connectivity index is 2.90. The fraction of sp³-hybridized carbons (Fsp3) is 0.333. The van der Waals surface area contributed by atoms with Crippen molar-refractivity contribution in [2.24, 2.45) is 5.84 Å². The van der Waals surface area contributed by atoms with Crippen LogP contribution in [-0.4, -0.2) is 18.7 Å². The van der Waals surface area contributed by atoms with Crippen LogP contribution >= 0.6 is 27.5 Å². The molecule has 0 saturated carbocycles. The van der Waals surface area contributed by atoms with E-state index in [9.17, 15) is 0 Å². The predicted octanol–water partition coefficient (Wildman–Crippen LogP) is 1.51. The molecule has 0 atom stereocenters. The highest BCUT2D eigenvalue weighted by Gasteiger charge is 2.15. The van der Waals surface area contributed by atoms with Gasteiger partial charge < -0.3 is 9.75 Å². The van der Waals surface area contributed by atoms with Crippen molar-refractivity contribution in [2.45, 2.75) is 0 Å². The molecular weight excluding hydrogens is 231 g/mol. The van der Waals surface area contributed by atoms with Crippen LogP contribution in [0.3, 0.4) is 0 Å². The minimum Gasteiger partial charge on any atom is -0.494 e. The van der Waals surface area contributed by atoms with Crippen molar-refractivity contribution in [3.05, 3.63) is 21.5 Å². The van der Waals surface area contributed by atoms with Gasteiger partial charge in [0.25, 0.3) is 0 Å². The van der Waals surface area contributed by atoms with E-state index in [4.69, 9.17) is 22.2 Å². The second-order valence-corrected chi connectivity index (χ2v) is 3.42. The number of allylic oxidation sites excluding steroid dienone is 1. The van der Waals surface area contributed by atoms with E-state index in [0.717, 1.165) is 4.48 Å². The number of hydrogen-bond acceptors (Lipinski definition) is 3. The minimum atomic E-state index is 0.575. The third kappa shape index (κ3) is 1.89. The molecule has 0 aromatic rings. The van der Waals surface area contributed by atoms with Gasteiger partial charge in [0.1, 0.15) is 0 Å². The van der Waals surface area contributed by atoms with Gasteiger partial charge in [-0.2, -0.15) is 0 Å². The second-order valence-electron chi connectivity index (χ2n) is 2.09. The monoisotopic (exact) mass is 238 g/mol. The molecule has 1 aliphatic heterocycles. The highest BCUT2D eigenvalue weighted by Crippen LogP contribution is 2.27. The highest BCUT2D eigenvalue weighted by atomic mass is 79.9. The van der Waals surface area contributed by atoms with Gasteiger partial charge in [0.2, 0.25) is 0 Å². The summed E-state index contributed by atoms with van der Waals surface area (Å²) in [5, 5.41) is 2.07. The fourth-order valence-corrected chi connectivity index (χ4v) is 1.43. The Morgan fingerprint density at radius 2 is 2.45 bits per heavy atom. The maximum atomic E-state index is 5.86. The van der Waals surface area contributed by atoms with Crippen LogP contribution in [0.15, 0.2) is 21.5 Å². The maximum absolute atomic E-state index is 5.86. The molecule has 11 heavy (non-hydrogen) atoms. The number of hydrogen-bond donors (Lipinski definition) is 1. The Morgan fingerprint density at radius 1 is 1.82 bits per heavy atom. The van der Waals surface area contributed by atoms with Crippen molar-refractivity contribution in [2.75, 3.05) is 13.7 Å². The number of ether oxygens (including phenoxy) is 1. The van der Waals surface area contributed by atoms with Crippen LogP contribution < -0.4 is 5.84 Å². The molecule has 0 fully saturated rings. The first-order chi connectivity index (χ1) is 5.15. The summed E-state index contributed by atoms with van der Waals surface area (Å²) >= 11 is 9.14. The van der Waals surface area contributed by atoms with Crippen molar-refractivity contribution in [1.29, 1.82) is 0 Å². The molecule has 0 bridgehead atoms. The Morgan fingerprint density at radius 3 is 3.00 bits per heavy atom. The Hall–Kier alpha value is -0.190. The van der Waals surface area contributed by atoms with E-state index < -0.39 is 0 Å². The zero-order valence-corrected chi connectivity index (χ0v) is 8.32. The van der Waals surface area contributed by atoms with Gasteiger partial charge in [-0.1, -0.05) is 27.5 Å². The van der Waals surface area contributed by atoms with Gasteiger partial charge in [0.05, 0.1) is 24.9 Å². The number of methoxy groups -OCH3 is 1. The Labute approximate surface area is 78.5 Å². The summed E-state index contributed by atoms with van der Waals surface area (Å²) in [6.07, 6.45) is 1.65. The number of nitrogens with two attached hydrogens (primary N) is 1. The van der Waals surface area contributed by atoms with Crippen LogP contribution in [0.2, 0.25) is 0 Å². The predicted molar refractivity (Wildman–Crippen MR) is 47.8 cm³/mol. The van der Waals surface area contributed by atoms with Crippen molar-refractivity contribution >= 4 is 27.5 Å². The highest BCUT2D eigenvalue weighted by molar-refractivity contribution is 9.11. The summed E-state index contributed by atoms with van der Waals surface area (Å²) in [5.74, 6) is 6.08. The number of nitrogens with zero attached hydrogens (tertiary/aromatic N) is 1. The molecule has 1 rings (SSSR count). The molecule has 0 unspecified atom stereocenters. The van der Waals surface area contributed by atoms with Crippen molar-refractivity contribution in [3.8, 4) is 0 Å². The molecule has 2 N–H and O–H groups in total. The van der Waals surface area contributed by atoms with Crippen molar-refractivity contribution < 1.29 is 4.74 Å². The van der Waals surface area contributed by atoms with Gasteiger partial charge in [-0.15, -0.1) is 0 Å². The zero-order chi connectivity index (χ0) is 8.43. The van der Waals surface area contributed by atoms with Gasteiger partial charge in [-0.05, 0) is 0 Å². The average molecular weight is 240 g/mol. The lowest BCUT2D eigenvalue weighted by atomic mass is 10.3. The van der Waals surface area contributed by atoms with E-state index in [1.54, 1.807) is 13.3 Å². The van der Waals surface area contributed by atoms with Gasteiger partial charge in [-0.3, -0.25) is 0 Å². The molecular formula is C6H8BrClN2O. The van der Waals surface area contributed by atoms with E-state index in [1.807, 2.05) is 0 Å². The lowest BCUT2D eigenvalue weighted by Gasteiger charge is -2.21. The number of halogens is 2. The van der Waals surface area contributed by atoms with Crippen LogP contribution in [0, 0.1) is 0 Å². The van der Waals surface area contributed by atoms with Gasteiger partial charge in [-0.25, -0.2) is 5.84 Å². The van der Waals surface area contributed by atoms with Gasteiger partial charge >= 0.3 is 0 Å². The molecule has 0 amide bonds. The van der Waals surface area contributed by atoms with Crippen LogP contribution in [0.5, 0.6) is 0 Å². The van der Waals surface area contributed by atoms with E-state index in [-0.39, 0.29) is 0 Å². The molecule has 5 heteroatoms. The molecule has 0 saturated heterocycles. The molecule has 0 aliphatic carbocycles. The molecule has 0 radical (unpaired) electrons. The average Bonchev–Trinajstić information content (AvgIpc) is 1.96. The van der Waals surface area contributed by atoms with Crippen LogP contribution in [0.25, 0.3) is 0 Å². The molecule has 1 aliphatic rings. The smallest absolute Gasteiger partial charge is 0.155 e. The molecule has 1 heterocycles. The molecule has 3 nitrogen and oxygen atoms in total. The SMILES string of the molecule is COC1=CN(N)CC(Br)=C1Cl. The molecule has 62 valence electrons. The third-order valence-corrected chi connectivity index (χ3v) is 2.57. The standard InChI is InChI=1S/C6H8BrClN2O/c1-11-5-3-10(9)2-4(7)6(5)8/h3H,2,9H2,1H3. The largest absolute Gasteiger partial charge is 0.494 e. The normalized spacial score (nSPS) is 18.5. The van der Waals surface area contributed by atoms with Crippen molar-refractivity contribution in [3.63, 3.8) is 0 Å². The van der Waals surface area contributed by atoms with Crippen LogP contribution in [-0.2, 0) is 4.74 Å². The molecule has 0 aromatic heterocycles. The summed E-state index contributed by atoms with van der Waals surface area (Å²) in [6.45, 7) is 0.575. The topological polar surface area (TPSA) is 38.5 Å². The summed E-state index contributed by atoms with van der Waals surface area (Å²) < 4.78 is 5.80. The second kappa shape index (κ2) is 3.47. The first-order valence-corrected chi connectivity index (χ1v) is 4.14. The number of hydrazine groups is 1. The summed E-state index contributed by atoms with van der Waals surface area (Å²) in [6, 6.07) is 0. The zero-order valence-electron chi connectivity index (χ0n) is 5.97. The fourth-order valence-electron chi connectivity index (χ4n) is 0.759. The summed E-state index contributed by atoms with van der Waals surface area (Å²) in [5.41, 5.74) is 0. The third-order valence-electron chi connectivity index (χ3n) is 1.28.